The molecule has 2 nitrogen and oxygen atoms in total. The van der Waals surface area contributed by atoms with E-state index in [1.165, 1.54) is 0 Å². The van der Waals surface area contributed by atoms with Crippen LogP contribution in [-0.4, -0.2) is 17.8 Å². The first-order valence-corrected chi connectivity index (χ1v) is 5.61. The molecule has 1 amide bonds. The Hall–Kier alpha value is -0.730. The number of nitrogens with zero attached hydrogens (tertiary/aromatic N) is 1. The zero-order chi connectivity index (χ0) is 11.4. The molecule has 0 unspecified atom stereocenters. The van der Waals surface area contributed by atoms with E-state index in [1.54, 1.807) is 17.0 Å². The number of anilines is 1. The van der Waals surface area contributed by atoms with Crippen LogP contribution < -0.4 is 4.90 Å². The summed E-state index contributed by atoms with van der Waals surface area (Å²) < 4.78 is 0. The summed E-state index contributed by atoms with van der Waals surface area (Å²) in [7, 11) is 0. The summed E-state index contributed by atoms with van der Waals surface area (Å²) in [5.41, 5.74) is 0.819. The van der Waals surface area contributed by atoms with Gasteiger partial charge in [0, 0.05) is 16.8 Å². The van der Waals surface area contributed by atoms with Crippen molar-refractivity contribution in [2.45, 2.75) is 19.9 Å². The Morgan fingerprint density at radius 2 is 1.87 bits per heavy atom. The second-order valence-corrected chi connectivity index (χ2v) is 4.17. The Labute approximate surface area is 99.8 Å². The summed E-state index contributed by atoms with van der Waals surface area (Å²) in [5.74, 6) is -0.116. The summed E-state index contributed by atoms with van der Waals surface area (Å²) in [6.07, 6.45) is 0. The highest BCUT2D eigenvalue weighted by atomic mass is 35.5. The fraction of sp³-hybridized carbons (Fsp3) is 0.364. The van der Waals surface area contributed by atoms with Crippen molar-refractivity contribution in [3.05, 3.63) is 29.3 Å². The molecule has 0 atom stereocenters. The smallest absolute Gasteiger partial charge is 0.242 e. The largest absolute Gasteiger partial charge is 0.309 e. The topological polar surface area (TPSA) is 20.3 Å². The van der Waals surface area contributed by atoms with Crippen molar-refractivity contribution in [2.75, 3.05) is 10.8 Å². The van der Waals surface area contributed by atoms with Gasteiger partial charge in [-0.15, -0.1) is 11.6 Å². The van der Waals surface area contributed by atoms with E-state index >= 15 is 0 Å². The molecule has 4 heteroatoms. The minimum absolute atomic E-state index is 0.0131. The van der Waals surface area contributed by atoms with Crippen LogP contribution in [0.4, 0.5) is 5.69 Å². The van der Waals surface area contributed by atoms with Gasteiger partial charge in [0.05, 0.1) is 0 Å². The standard InChI is InChI=1S/C11H13Cl2NO/c1-8(2)14(11(15)7-12)10-5-3-9(13)4-6-10/h3-6,8H,7H2,1-2H3. The maximum atomic E-state index is 11.6. The van der Waals surface area contributed by atoms with Gasteiger partial charge in [-0.3, -0.25) is 4.79 Å². The molecule has 0 saturated heterocycles. The van der Waals surface area contributed by atoms with Gasteiger partial charge in [-0.1, -0.05) is 11.6 Å². The van der Waals surface area contributed by atoms with Crippen LogP contribution in [0.15, 0.2) is 24.3 Å². The van der Waals surface area contributed by atoms with Crippen molar-refractivity contribution in [3.63, 3.8) is 0 Å². The molecule has 0 saturated carbocycles. The van der Waals surface area contributed by atoms with Crippen LogP contribution in [0.2, 0.25) is 5.02 Å². The van der Waals surface area contributed by atoms with Gasteiger partial charge < -0.3 is 4.90 Å². The van der Waals surface area contributed by atoms with Gasteiger partial charge in [-0.05, 0) is 38.1 Å². The number of hydrogen-bond donors (Lipinski definition) is 0. The lowest BCUT2D eigenvalue weighted by molar-refractivity contribution is -0.116. The molecule has 0 bridgehead atoms. The second-order valence-electron chi connectivity index (χ2n) is 3.47. The van der Waals surface area contributed by atoms with Crippen LogP contribution in [0.5, 0.6) is 0 Å². The van der Waals surface area contributed by atoms with Gasteiger partial charge in [-0.2, -0.15) is 0 Å². The predicted molar refractivity (Wildman–Crippen MR) is 64.8 cm³/mol. The second kappa shape index (κ2) is 5.38. The van der Waals surface area contributed by atoms with E-state index in [0.717, 1.165) is 5.69 Å². The van der Waals surface area contributed by atoms with Gasteiger partial charge in [0.25, 0.3) is 0 Å². The summed E-state index contributed by atoms with van der Waals surface area (Å²) in [4.78, 5) is 13.3. The number of benzene rings is 1. The molecule has 15 heavy (non-hydrogen) atoms. The normalized spacial score (nSPS) is 10.5. The lowest BCUT2D eigenvalue weighted by Crippen LogP contribution is -2.37. The van der Waals surface area contributed by atoms with E-state index in [1.807, 2.05) is 26.0 Å². The number of hydrogen-bond acceptors (Lipinski definition) is 1. The van der Waals surface area contributed by atoms with Gasteiger partial charge >= 0.3 is 0 Å². The molecule has 0 aliphatic rings. The number of rotatable bonds is 3. The maximum absolute atomic E-state index is 11.6. The summed E-state index contributed by atoms with van der Waals surface area (Å²) in [5, 5.41) is 0.653. The van der Waals surface area contributed by atoms with Gasteiger partial charge in [0.2, 0.25) is 5.91 Å². The van der Waals surface area contributed by atoms with Crippen molar-refractivity contribution < 1.29 is 4.79 Å². The molecule has 0 fully saturated rings. The number of carbonyl (C=O) groups is 1. The molecule has 0 aliphatic carbocycles. The molecular formula is C11H13Cl2NO. The Bertz CT molecular complexity index is 335. The molecule has 1 aromatic rings. The van der Waals surface area contributed by atoms with Crippen LogP contribution in [0, 0.1) is 0 Å². The third kappa shape index (κ3) is 3.11. The summed E-state index contributed by atoms with van der Waals surface area (Å²) in [6.45, 7) is 3.89. The van der Waals surface area contributed by atoms with Crippen LogP contribution in [0.1, 0.15) is 13.8 Å². The van der Waals surface area contributed by atoms with Crippen molar-refractivity contribution >= 4 is 34.8 Å². The average Bonchev–Trinajstić information content (AvgIpc) is 2.20. The molecule has 0 aromatic heterocycles. The molecule has 0 heterocycles. The Balaban J connectivity index is 2.99. The highest BCUT2D eigenvalue weighted by Gasteiger charge is 2.17. The molecule has 82 valence electrons. The van der Waals surface area contributed by atoms with Gasteiger partial charge in [0.15, 0.2) is 0 Å². The minimum atomic E-state index is -0.103. The fourth-order valence-electron chi connectivity index (χ4n) is 1.40. The zero-order valence-electron chi connectivity index (χ0n) is 8.71. The molecule has 0 radical (unpaired) electrons. The first kappa shape index (κ1) is 12.3. The molecular weight excluding hydrogens is 233 g/mol. The van der Waals surface area contributed by atoms with E-state index in [9.17, 15) is 4.79 Å². The van der Waals surface area contributed by atoms with Crippen LogP contribution >= 0.6 is 23.2 Å². The molecule has 0 aliphatic heterocycles. The van der Waals surface area contributed by atoms with E-state index in [2.05, 4.69) is 0 Å². The van der Waals surface area contributed by atoms with E-state index < -0.39 is 0 Å². The first-order valence-electron chi connectivity index (χ1n) is 4.70. The van der Waals surface area contributed by atoms with Crippen molar-refractivity contribution in [1.29, 1.82) is 0 Å². The first-order chi connectivity index (χ1) is 7.06. The van der Waals surface area contributed by atoms with Crippen molar-refractivity contribution in [2.24, 2.45) is 0 Å². The molecule has 1 rings (SSSR count). The maximum Gasteiger partial charge on any atom is 0.242 e. The van der Waals surface area contributed by atoms with Crippen LogP contribution in [-0.2, 0) is 4.79 Å². The summed E-state index contributed by atoms with van der Waals surface area (Å²) in [6, 6.07) is 7.22. The van der Waals surface area contributed by atoms with Crippen LogP contribution in [0.3, 0.4) is 0 Å². The van der Waals surface area contributed by atoms with E-state index in [4.69, 9.17) is 23.2 Å². The monoisotopic (exact) mass is 245 g/mol. The van der Waals surface area contributed by atoms with Crippen molar-refractivity contribution in [1.82, 2.24) is 0 Å². The average molecular weight is 246 g/mol. The van der Waals surface area contributed by atoms with Crippen LogP contribution in [0.25, 0.3) is 0 Å². The minimum Gasteiger partial charge on any atom is -0.309 e. The number of amides is 1. The van der Waals surface area contributed by atoms with Gasteiger partial charge in [0.1, 0.15) is 5.88 Å². The molecule has 0 spiro atoms. The zero-order valence-corrected chi connectivity index (χ0v) is 10.2. The molecule has 1 aromatic carbocycles. The Kier molecular flexibility index (Phi) is 4.43. The lowest BCUT2D eigenvalue weighted by Gasteiger charge is -2.26. The number of carbonyl (C=O) groups excluding carboxylic acids is 1. The summed E-state index contributed by atoms with van der Waals surface area (Å²) >= 11 is 11.3. The quantitative estimate of drug-likeness (QED) is 0.749. The lowest BCUT2D eigenvalue weighted by atomic mass is 10.2. The van der Waals surface area contributed by atoms with Gasteiger partial charge in [-0.25, -0.2) is 0 Å². The third-order valence-corrected chi connectivity index (χ3v) is 2.48. The van der Waals surface area contributed by atoms with E-state index in [-0.39, 0.29) is 17.8 Å². The SMILES string of the molecule is CC(C)N(C(=O)CCl)c1ccc(Cl)cc1. The third-order valence-electron chi connectivity index (χ3n) is 2.00. The van der Waals surface area contributed by atoms with E-state index in [0.29, 0.717) is 5.02 Å². The van der Waals surface area contributed by atoms with Crippen molar-refractivity contribution in [3.8, 4) is 0 Å². The Morgan fingerprint density at radius 3 is 2.27 bits per heavy atom. The number of halogens is 2. The highest BCUT2D eigenvalue weighted by Crippen LogP contribution is 2.20. The Morgan fingerprint density at radius 1 is 1.33 bits per heavy atom. The highest BCUT2D eigenvalue weighted by molar-refractivity contribution is 6.31. The fourth-order valence-corrected chi connectivity index (χ4v) is 1.65. The predicted octanol–water partition coefficient (Wildman–Crippen LogP) is 3.32. The molecule has 0 N–H and O–H groups in total. The number of alkyl halides is 1.